The van der Waals surface area contributed by atoms with Crippen molar-refractivity contribution in [3.8, 4) is 17.1 Å². The second kappa shape index (κ2) is 3.96. The minimum atomic E-state index is 0.191. The van der Waals surface area contributed by atoms with Crippen molar-refractivity contribution in [3.63, 3.8) is 0 Å². The second-order valence-corrected chi connectivity index (χ2v) is 3.82. The number of phenols is 1. The van der Waals surface area contributed by atoms with Crippen molar-refractivity contribution >= 4 is 11.9 Å². The van der Waals surface area contributed by atoms with Crippen LogP contribution in [0.1, 0.15) is 10.5 Å². The molecule has 5 nitrogen and oxygen atoms in total. The Labute approximate surface area is 102 Å². The summed E-state index contributed by atoms with van der Waals surface area (Å²) in [5.41, 5.74) is 1.85. The van der Waals surface area contributed by atoms with Crippen LogP contribution < -0.4 is 0 Å². The molecule has 18 heavy (non-hydrogen) atoms. The van der Waals surface area contributed by atoms with Crippen LogP contribution in [-0.4, -0.2) is 26.0 Å². The van der Waals surface area contributed by atoms with Gasteiger partial charge in [0, 0.05) is 5.56 Å². The van der Waals surface area contributed by atoms with Crippen LogP contribution in [0, 0.1) is 0 Å². The van der Waals surface area contributed by atoms with Gasteiger partial charge in [0.25, 0.3) is 0 Å². The number of carbonyl (C=O) groups is 1. The van der Waals surface area contributed by atoms with Crippen molar-refractivity contribution in [1.29, 1.82) is 0 Å². The number of hydrogen-bond donors (Lipinski definition) is 1. The van der Waals surface area contributed by atoms with Crippen LogP contribution in [0.5, 0.6) is 5.75 Å². The van der Waals surface area contributed by atoms with Gasteiger partial charge in [-0.05, 0) is 36.4 Å². The lowest BCUT2D eigenvalue weighted by Gasteiger charge is -1.95. The highest BCUT2D eigenvalue weighted by Crippen LogP contribution is 2.19. The Hall–Kier alpha value is -2.69. The van der Waals surface area contributed by atoms with E-state index in [0.29, 0.717) is 17.2 Å². The van der Waals surface area contributed by atoms with E-state index in [0.717, 1.165) is 11.8 Å². The van der Waals surface area contributed by atoms with Gasteiger partial charge in [-0.3, -0.25) is 4.79 Å². The first-order valence-electron chi connectivity index (χ1n) is 5.38. The van der Waals surface area contributed by atoms with Gasteiger partial charge in [-0.2, -0.15) is 0 Å². The SMILES string of the molecule is O=Cc1cccc2nc(-c3ccc(O)cc3)nn12. The Bertz CT molecular complexity index is 717. The van der Waals surface area contributed by atoms with Gasteiger partial charge in [-0.1, -0.05) is 6.07 Å². The number of aromatic hydroxyl groups is 1. The van der Waals surface area contributed by atoms with Gasteiger partial charge in [0.1, 0.15) is 11.4 Å². The number of aldehydes is 1. The fraction of sp³-hybridized carbons (Fsp3) is 0. The number of carbonyl (C=O) groups excluding carboxylic acids is 1. The Kier molecular flexibility index (Phi) is 2.30. The molecule has 0 unspecified atom stereocenters. The van der Waals surface area contributed by atoms with E-state index in [1.807, 2.05) is 0 Å². The summed E-state index contributed by atoms with van der Waals surface area (Å²) in [4.78, 5) is 15.2. The molecule has 0 fully saturated rings. The van der Waals surface area contributed by atoms with E-state index in [1.165, 1.54) is 4.52 Å². The largest absolute Gasteiger partial charge is 0.508 e. The molecule has 5 heteroatoms. The van der Waals surface area contributed by atoms with Crippen LogP contribution in [0.3, 0.4) is 0 Å². The summed E-state index contributed by atoms with van der Waals surface area (Å²) in [6, 6.07) is 11.8. The monoisotopic (exact) mass is 239 g/mol. The van der Waals surface area contributed by atoms with E-state index in [9.17, 15) is 9.90 Å². The smallest absolute Gasteiger partial charge is 0.182 e. The van der Waals surface area contributed by atoms with E-state index >= 15 is 0 Å². The molecule has 0 atom stereocenters. The molecule has 3 aromatic rings. The van der Waals surface area contributed by atoms with Crippen molar-refractivity contribution in [1.82, 2.24) is 14.6 Å². The van der Waals surface area contributed by atoms with E-state index in [1.54, 1.807) is 42.5 Å². The van der Waals surface area contributed by atoms with Crippen LogP contribution in [0.2, 0.25) is 0 Å². The molecule has 0 aliphatic rings. The molecule has 0 aliphatic carbocycles. The van der Waals surface area contributed by atoms with Crippen LogP contribution in [0.15, 0.2) is 42.5 Å². The van der Waals surface area contributed by atoms with Crippen LogP contribution in [0.25, 0.3) is 17.0 Å². The molecule has 3 rings (SSSR count). The summed E-state index contributed by atoms with van der Waals surface area (Å²) < 4.78 is 1.50. The highest BCUT2D eigenvalue weighted by Gasteiger charge is 2.08. The third-order valence-corrected chi connectivity index (χ3v) is 2.64. The summed E-state index contributed by atoms with van der Waals surface area (Å²) in [6.45, 7) is 0. The zero-order valence-electron chi connectivity index (χ0n) is 9.32. The first-order chi connectivity index (χ1) is 8.78. The van der Waals surface area contributed by atoms with Crippen LogP contribution in [-0.2, 0) is 0 Å². The van der Waals surface area contributed by atoms with Crippen molar-refractivity contribution in [2.45, 2.75) is 0 Å². The third kappa shape index (κ3) is 1.62. The third-order valence-electron chi connectivity index (χ3n) is 2.64. The fourth-order valence-corrected chi connectivity index (χ4v) is 1.75. The first kappa shape index (κ1) is 10.5. The fourth-order valence-electron chi connectivity index (χ4n) is 1.75. The van der Waals surface area contributed by atoms with Crippen molar-refractivity contribution in [3.05, 3.63) is 48.2 Å². The summed E-state index contributed by atoms with van der Waals surface area (Å²) in [6.07, 6.45) is 0.738. The molecule has 0 amide bonds. The maximum Gasteiger partial charge on any atom is 0.182 e. The number of pyridine rings is 1. The molecular weight excluding hydrogens is 230 g/mol. The normalized spacial score (nSPS) is 10.7. The van der Waals surface area contributed by atoms with Gasteiger partial charge >= 0.3 is 0 Å². The predicted molar refractivity (Wildman–Crippen MR) is 65.5 cm³/mol. The number of rotatable bonds is 2. The number of benzene rings is 1. The average Bonchev–Trinajstić information content (AvgIpc) is 2.83. The highest BCUT2D eigenvalue weighted by atomic mass is 16.3. The highest BCUT2D eigenvalue weighted by molar-refractivity contribution is 5.74. The van der Waals surface area contributed by atoms with Gasteiger partial charge in [-0.25, -0.2) is 9.50 Å². The molecule has 0 saturated heterocycles. The quantitative estimate of drug-likeness (QED) is 0.694. The molecular formula is C13H9N3O2. The number of nitrogens with zero attached hydrogens (tertiary/aromatic N) is 3. The lowest BCUT2D eigenvalue weighted by Crippen LogP contribution is -1.95. The predicted octanol–water partition coefficient (Wildman–Crippen LogP) is 1.91. The first-order valence-corrected chi connectivity index (χ1v) is 5.38. The van der Waals surface area contributed by atoms with Crippen LogP contribution >= 0.6 is 0 Å². The summed E-state index contributed by atoms with van der Waals surface area (Å²) >= 11 is 0. The molecule has 2 aromatic heterocycles. The van der Waals surface area contributed by atoms with Gasteiger partial charge in [0.2, 0.25) is 0 Å². The lowest BCUT2D eigenvalue weighted by molar-refractivity contribution is 0.111. The number of aromatic nitrogens is 3. The van der Waals surface area contributed by atoms with E-state index in [2.05, 4.69) is 10.1 Å². The molecule has 1 N–H and O–H groups in total. The Morgan fingerprint density at radius 2 is 1.89 bits per heavy atom. The zero-order chi connectivity index (χ0) is 12.5. The van der Waals surface area contributed by atoms with Crippen molar-refractivity contribution in [2.75, 3.05) is 0 Å². The van der Waals surface area contributed by atoms with Crippen molar-refractivity contribution in [2.24, 2.45) is 0 Å². The van der Waals surface area contributed by atoms with Crippen LogP contribution in [0.4, 0.5) is 0 Å². The van der Waals surface area contributed by atoms with E-state index in [4.69, 9.17) is 0 Å². The molecule has 0 spiro atoms. The number of phenolic OH excluding ortho intramolecular Hbond substituents is 1. The standard InChI is InChI=1S/C13H9N3O2/c17-8-10-2-1-3-12-14-13(15-16(10)12)9-4-6-11(18)7-5-9/h1-8,18H. The lowest BCUT2D eigenvalue weighted by atomic mass is 10.2. The zero-order valence-corrected chi connectivity index (χ0v) is 9.32. The number of hydrogen-bond acceptors (Lipinski definition) is 4. The number of fused-ring (bicyclic) bond motifs is 1. The molecule has 0 aliphatic heterocycles. The second-order valence-electron chi connectivity index (χ2n) is 3.82. The molecule has 2 heterocycles. The molecule has 1 aromatic carbocycles. The molecule has 0 bridgehead atoms. The molecule has 0 radical (unpaired) electrons. The van der Waals surface area contributed by atoms with E-state index < -0.39 is 0 Å². The van der Waals surface area contributed by atoms with E-state index in [-0.39, 0.29) is 5.75 Å². The van der Waals surface area contributed by atoms with Crippen molar-refractivity contribution < 1.29 is 9.90 Å². The van der Waals surface area contributed by atoms with Gasteiger partial charge in [0.15, 0.2) is 17.8 Å². The van der Waals surface area contributed by atoms with Gasteiger partial charge < -0.3 is 5.11 Å². The Morgan fingerprint density at radius 3 is 2.61 bits per heavy atom. The van der Waals surface area contributed by atoms with Gasteiger partial charge in [-0.15, -0.1) is 5.10 Å². The maximum absolute atomic E-state index is 10.9. The maximum atomic E-state index is 10.9. The summed E-state index contributed by atoms with van der Waals surface area (Å²) in [5, 5.41) is 13.5. The minimum Gasteiger partial charge on any atom is -0.508 e. The average molecular weight is 239 g/mol. The van der Waals surface area contributed by atoms with Gasteiger partial charge in [0.05, 0.1) is 0 Å². The summed E-state index contributed by atoms with van der Waals surface area (Å²) in [5.74, 6) is 0.709. The topological polar surface area (TPSA) is 67.5 Å². The minimum absolute atomic E-state index is 0.191. The molecule has 0 saturated carbocycles. The Balaban J connectivity index is 2.19. The summed E-state index contributed by atoms with van der Waals surface area (Å²) in [7, 11) is 0. The Morgan fingerprint density at radius 1 is 1.11 bits per heavy atom. The molecule has 88 valence electrons.